The second-order valence-corrected chi connectivity index (χ2v) is 4.69. The Kier molecular flexibility index (Phi) is 5.11. The summed E-state index contributed by atoms with van der Waals surface area (Å²) in [7, 11) is 0. The molecule has 0 aliphatic heterocycles. The summed E-state index contributed by atoms with van der Waals surface area (Å²) in [5, 5.41) is 13.5. The van der Waals surface area contributed by atoms with Crippen LogP contribution in [0.5, 0.6) is 0 Å². The lowest BCUT2D eigenvalue weighted by Gasteiger charge is -2.18. The molecule has 0 fully saturated rings. The van der Waals surface area contributed by atoms with Crippen molar-refractivity contribution in [2.75, 3.05) is 5.32 Å². The number of benzene rings is 1. The van der Waals surface area contributed by atoms with Crippen LogP contribution in [-0.4, -0.2) is 23.1 Å². The summed E-state index contributed by atoms with van der Waals surface area (Å²) in [6, 6.07) is 2.02. The summed E-state index contributed by atoms with van der Waals surface area (Å²) in [6.45, 7) is 3.34. The average molecular weight is 289 g/mol. The Balaban J connectivity index is 2.69. The topological polar surface area (TPSA) is 78.4 Å². The molecule has 0 radical (unpaired) electrons. The van der Waals surface area contributed by atoms with Gasteiger partial charge in [0, 0.05) is 5.69 Å². The van der Waals surface area contributed by atoms with E-state index in [1.807, 2.05) is 0 Å². The number of nitrogens with one attached hydrogen (secondary N) is 2. The minimum absolute atomic E-state index is 0.0587. The molecule has 1 aromatic rings. The fourth-order valence-electron chi connectivity index (χ4n) is 1.40. The van der Waals surface area contributed by atoms with Gasteiger partial charge in [0.2, 0.25) is 0 Å². The fourth-order valence-corrected chi connectivity index (χ4v) is 1.51. The van der Waals surface area contributed by atoms with Crippen molar-refractivity contribution in [3.8, 4) is 0 Å². The predicted molar refractivity (Wildman–Crippen MR) is 69.8 cm³/mol. The van der Waals surface area contributed by atoms with Crippen LogP contribution < -0.4 is 10.6 Å². The third-order valence-electron chi connectivity index (χ3n) is 2.40. The first kappa shape index (κ1) is 15.2. The predicted octanol–water partition coefficient (Wildman–Crippen LogP) is 2.71. The van der Waals surface area contributed by atoms with Crippen molar-refractivity contribution in [1.82, 2.24) is 5.32 Å². The number of carboxylic acid groups (broad SMARTS) is 1. The number of amides is 2. The Hall–Kier alpha value is -1.82. The van der Waals surface area contributed by atoms with Crippen LogP contribution in [0.4, 0.5) is 14.9 Å². The Labute approximate surface area is 114 Å². The van der Waals surface area contributed by atoms with Gasteiger partial charge in [0.1, 0.15) is 11.9 Å². The fraction of sp³-hybridized carbons (Fsp3) is 0.333. The van der Waals surface area contributed by atoms with Crippen LogP contribution in [0.3, 0.4) is 0 Å². The molecule has 0 bridgehead atoms. The molecule has 0 aliphatic carbocycles. The SMILES string of the molecule is CC(C)C(NC(=O)Nc1ccc(Cl)c(F)c1)C(=O)O. The van der Waals surface area contributed by atoms with Crippen LogP contribution in [-0.2, 0) is 4.79 Å². The molecule has 0 saturated heterocycles. The van der Waals surface area contributed by atoms with Crippen molar-refractivity contribution in [2.24, 2.45) is 5.92 Å². The van der Waals surface area contributed by atoms with E-state index in [0.717, 1.165) is 6.07 Å². The molecule has 0 heterocycles. The molecule has 5 nitrogen and oxygen atoms in total. The molecule has 19 heavy (non-hydrogen) atoms. The van der Waals surface area contributed by atoms with E-state index in [1.54, 1.807) is 13.8 Å². The minimum Gasteiger partial charge on any atom is -0.480 e. The van der Waals surface area contributed by atoms with Crippen molar-refractivity contribution in [3.05, 3.63) is 29.0 Å². The number of hydrogen-bond donors (Lipinski definition) is 3. The normalized spacial score (nSPS) is 12.1. The van der Waals surface area contributed by atoms with Gasteiger partial charge in [0.05, 0.1) is 5.02 Å². The Morgan fingerprint density at radius 2 is 2.00 bits per heavy atom. The van der Waals surface area contributed by atoms with Crippen LogP contribution in [0.1, 0.15) is 13.8 Å². The lowest BCUT2D eigenvalue weighted by molar-refractivity contribution is -0.140. The standard InChI is InChI=1S/C12H14ClFN2O3/c1-6(2)10(11(17)18)16-12(19)15-7-3-4-8(13)9(14)5-7/h3-6,10H,1-2H3,(H,17,18)(H2,15,16,19). The maximum Gasteiger partial charge on any atom is 0.326 e. The summed E-state index contributed by atoms with van der Waals surface area (Å²) < 4.78 is 13.2. The highest BCUT2D eigenvalue weighted by atomic mass is 35.5. The van der Waals surface area contributed by atoms with Crippen molar-refractivity contribution < 1.29 is 19.1 Å². The smallest absolute Gasteiger partial charge is 0.326 e. The van der Waals surface area contributed by atoms with Crippen LogP contribution in [0, 0.1) is 11.7 Å². The molecule has 104 valence electrons. The van der Waals surface area contributed by atoms with E-state index in [2.05, 4.69) is 10.6 Å². The average Bonchev–Trinajstić information content (AvgIpc) is 2.30. The number of urea groups is 1. The summed E-state index contributed by atoms with van der Waals surface area (Å²) in [5.41, 5.74) is 0.187. The van der Waals surface area contributed by atoms with Gasteiger partial charge in [-0.3, -0.25) is 0 Å². The van der Waals surface area contributed by atoms with E-state index in [4.69, 9.17) is 16.7 Å². The third kappa shape index (κ3) is 4.40. The lowest BCUT2D eigenvalue weighted by Crippen LogP contribution is -2.46. The highest BCUT2D eigenvalue weighted by Gasteiger charge is 2.23. The molecule has 0 aromatic heterocycles. The molecule has 0 aliphatic rings. The number of carbonyl (C=O) groups is 2. The molecule has 2 amide bonds. The van der Waals surface area contributed by atoms with Crippen LogP contribution in [0.15, 0.2) is 18.2 Å². The molecule has 0 saturated carbocycles. The van der Waals surface area contributed by atoms with Crippen LogP contribution in [0.2, 0.25) is 5.02 Å². The van der Waals surface area contributed by atoms with E-state index in [-0.39, 0.29) is 16.6 Å². The summed E-state index contributed by atoms with van der Waals surface area (Å²) in [4.78, 5) is 22.5. The molecule has 3 N–H and O–H groups in total. The van der Waals surface area contributed by atoms with E-state index in [1.165, 1.54) is 12.1 Å². The summed E-state index contributed by atoms with van der Waals surface area (Å²) in [5.74, 6) is -2.07. The zero-order chi connectivity index (χ0) is 14.6. The molecule has 1 rings (SSSR count). The molecule has 7 heteroatoms. The number of anilines is 1. The minimum atomic E-state index is -1.13. The number of carboxylic acids is 1. The van der Waals surface area contributed by atoms with Gasteiger partial charge in [-0.1, -0.05) is 25.4 Å². The van der Waals surface area contributed by atoms with Crippen LogP contribution >= 0.6 is 11.6 Å². The number of hydrogen-bond acceptors (Lipinski definition) is 2. The van der Waals surface area contributed by atoms with E-state index >= 15 is 0 Å². The van der Waals surface area contributed by atoms with E-state index in [0.29, 0.717) is 0 Å². The van der Waals surface area contributed by atoms with Crippen molar-refractivity contribution >= 4 is 29.3 Å². The molecule has 1 atom stereocenters. The molecule has 0 spiro atoms. The molecule has 1 unspecified atom stereocenters. The monoisotopic (exact) mass is 288 g/mol. The zero-order valence-electron chi connectivity index (χ0n) is 10.4. The Morgan fingerprint density at radius 3 is 2.47 bits per heavy atom. The van der Waals surface area contributed by atoms with E-state index < -0.39 is 23.9 Å². The largest absolute Gasteiger partial charge is 0.480 e. The quantitative estimate of drug-likeness (QED) is 0.797. The number of carbonyl (C=O) groups excluding carboxylic acids is 1. The van der Waals surface area contributed by atoms with Gasteiger partial charge in [0.25, 0.3) is 0 Å². The van der Waals surface area contributed by atoms with Gasteiger partial charge in [-0.2, -0.15) is 0 Å². The summed E-state index contributed by atoms with van der Waals surface area (Å²) in [6.07, 6.45) is 0. The first-order chi connectivity index (χ1) is 8.81. The molecule has 1 aromatic carbocycles. The first-order valence-electron chi connectivity index (χ1n) is 5.56. The van der Waals surface area contributed by atoms with Crippen molar-refractivity contribution in [1.29, 1.82) is 0 Å². The maximum atomic E-state index is 13.2. The van der Waals surface area contributed by atoms with Gasteiger partial charge in [-0.05, 0) is 24.1 Å². The van der Waals surface area contributed by atoms with Gasteiger partial charge in [-0.25, -0.2) is 14.0 Å². The van der Waals surface area contributed by atoms with Crippen molar-refractivity contribution in [2.45, 2.75) is 19.9 Å². The molecular weight excluding hydrogens is 275 g/mol. The summed E-state index contributed by atoms with van der Waals surface area (Å²) >= 11 is 5.50. The maximum absolute atomic E-state index is 13.2. The first-order valence-corrected chi connectivity index (χ1v) is 5.94. The highest BCUT2D eigenvalue weighted by Crippen LogP contribution is 2.18. The Morgan fingerprint density at radius 1 is 1.37 bits per heavy atom. The lowest BCUT2D eigenvalue weighted by atomic mass is 10.1. The zero-order valence-corrected chi connectivity index (χ0v) is 11.2. The highest BCUT2D eigenvalue weighted by molar-refractivity contribution is 6.30. The van der Waals surface area contributed by atoms with Gasteiger partial charge in [0.15, 0.2) is 0 Å². The third-order valence-corrected chi connectivity index (χ3v) is 2.70. The van der Waals surface area contributed by atoms with Gasteiger partial charge in [-0.15, -0.1) is 0 Å². The number of halogens is 2. The van der Waals surface area contributed by atoms with Crippen molar-refractivity contribution in [3.63, 3.8) is 0 Å². The molecular formula is C12H14ClFN2O3. The second kappa shape index (κ2) is 6.38. The Bertz CT molecular complexity index is 494. The van der Waals surface area contributed by atoms with Crippen LogP contribution in [0.25, 0.3) is 0 Å². The number of rotatable bonds is 4. The second-order valence-electron chi connectivity index (χ2n) is 4.29. The van der Waals surface area contributed by atoms with E-state index in [9.17, 15) is 14.0 Å². The van der Waals surface area contributed by atoms with Gasteiger partial charge < -0.3 is 15.7 Å². The number of aliphatic carboxylic acids is 1. The van der Waals surface area contributed by atoms with Gasteiger partial charge >= 0.3 is 12.0 Å².